The first-order valence-corrected chi connectivity index (χ1v) is 2.26. The van der Waals surface area contributed by atoms with Crippen molar-refractivity contribution in [2.75, 3.05) is 5.88 Å². The third kappa shape index (κ3) is 187. The molecule has 0 amide bonds. The van der Waals surface area contributed by atoms with E-state index in [4.69, 9.17) is 21.2 Å². The van der Waals surface area contributed by atoms with Gasteiger partial charge in [0.05, 0.1) is 5.88 Å². The topological polar surface area (TPSA) is 34.1 Å². The third-order valence-electron chi connectivity index (χ3n) is 0.0630. The van der Waals surface area contributed by atoms with Crippen molar-refractivity contribution in [2.45, 2.75) is 6.92 Å². The second-order valence-corrected chi connectivity index (χ2v) is 0.865. The molecule has 0 spiro atoms. The van der Waals surface area contributed by atoms with Crippen molar-refractivity contribution >= 4 is 24.2 Å². The average Bonchev–Trinajstić information content (AvgIpc) is 1.69. The van der Waals surface area contributed by atoms with E-state index in [-0.39, 0.29) is 5.88 Å². The van der Waals surface area contributed by atoms with Crippen LogP contribution in [0.15, 0.2) is 0 Å². The molecule has 2 nitrogen and oxygen atoms in total. The lowest BCUT2D eigenvalue weighted by molar-refractivity contribution is -0.106. The number of alkyl halides is 1. The zero-order valence-corrected chi connectivity index (χ0v) is 4.81. The lowest BCUT2D eigenvalue weighted by Crippen LogP contribution is -1.63. The van der Waals surface area contributed by atoms with Gasteiger partial charge in [-0.3, -0.25) is 0 Å². The maximum atomic E-state index is 9.04. The summed E-state index contributed by atoms with van der Waals surface area (Å²) in [6.45, 7) is 1.44. The molecule has 0 atom stereocenters. The van der Waals surface area contributed by atoms with Gasteiger partial charge in [-0.15, -0.1) is 11.6 Å². The van der Waals surface area contributed by atoms with E-state index >= 15 is 0 Å². The first kappa shape index (κ1) is 9.80. The number of carbonyl (C=O) groups excluding carboxylic acids is 2. The van der Waals surface area contributed by atoms with E-state index in [9.17, 15) is 0 Å². The van der Waals surface area contributed by atoms with Crippen LogP contribution in [-0.2, 0) is 9.59 Å². The maximum absolute atomic E-state index is 9.04. The summed E-state index contributed by atoms with van der Waals surface area (Å²) in [5, 5.41) is 0. The van der Waals surface area contributed by atoms with Crippen LogP contribution in [-0.4, -0.2) is 18.5 Å². The van der Waals surface area contributed by atoms with Crippen LogP contribution in [0, 0.1) is 0 Å². The normalized spacial score (nSPS) is 5.43. The summed E-state index contributed by atoms with van der Waals surface area (Å²) >= 11 is 4.82. The summed E-state index contributed by atoms with van der Waals surface area (Å²) in [7, 11) is 0. The van der Waals surface area contributed by atoms with Gasteiger partial charge < -0.3 is 9.59 Å². The first-order valence-electron chi connectivity index (χ1n) is 1.72. The Kier molecular flexibility index (Phi) is 24.4. The molecule has 0 heterocycles. The van der Waals surface area contributed by atoms with Crippen molar-refractivity contribution in [1.82, 2.24) is 0 Å². The zero-order valence-electron chi connectivity index (χ0n) is 4.06. The third-order valence-corrected chi connectivity index (χ3v) is 0.189. The van der Waals surface area contributed by atoms with E-state index in [1.165, 1.54) is 6.92 Å². The molecule has 0 aromatic heterocycles. The second-order valence-electron chi connectivity index (χ2n) is 0.557. The van der Waals surface area contributed by atoms with Gasteiger partial charge in [0.25, 0.3) is 0 Å². The molecule has 0 unspecified atom stereocenters. The van der Waals surface area contributed by atoms with Crippen LogP contribution in [0.5, 0.6) is 0 Å². The summed E-state index contributed by atoms with van der Waals surface area (Å²) in [5.74, 6) is 0.111. The van der Waals surface area contributed by atoms with Crippen LogP contribution in [0.4, 0.5) is 0 Å². The predicted octanol–water partition coefficient (Wildman–Crippen LogP) is 0.629. The Morgan fingerprint density at radius 1 is 1.57 bits per heavy atom. The van der Waals surface area contributed by atoms with E-state index in [1.54, 1.807) is 0 Å². The van der Waals surface area contributed by atoms with Crippen LogP contribution in [0.1, 0.15) is 6.92 Å². The lowest BCUT2D eigenvalue weighted by atomic mass is 10.9. The van der Waals surface area contributed by atoms with E-state index in [0.717, 1.165) is 6.29 Å². The van der Waals surface area contributed by atoms with Gasteiger partial charge in [-0.1, -0.05) is 0 Å². The molecule has 0 saturated carbocycles. The highest BCUT2D eigenvalue weighted by atomic mass is 35.5. The Morgan fingerprint density at radius 3 is 1.71 bits per heavy atom. The number of halogens is 1. The molecule has 0 radical (unpaired) electrons. The summed E-state index contributed by atoms with van der Waals surface area (Å²) < 4.78 is 0. The Morgan fingerprint density at radius 2 is 1.71 bits per heavy atom. The molecular formula is C4H7ClO2. The molecule has 0 aromatic carbocycles. The average molecular weight is 123 g/mol. The number of hydrogen-bond donors (Lipinski definition) is 0. The van der Waals surface area contributed by atoms with E-state index in [1.807, 2.05) is 0 Å². The first-order chi connectivity index (χ1) is 3.33. The number of hydrogen-bond acceptors (Lipinski definition) is 2. The quantitative estimate of drug-likeness (QED) is 0.378. The lowest BCUT2D eigenvalue weighted by Gasteiger charge is -1.49. The van der Waals surface area contributed by atoms with Crippen molar-refractivity contribution in [3.63, 3.8) is 0 Å². The van der Waals surface area contributed by atoms with Crippen molar-refractivity contribution in [3.8, 4) is 0 Å². The Labute approximate surface area is 47.5 Å². The summed E-state index contributed by atoms with van der Waals surface area (Å²) in [5.41, 5.74) is 0. The molecule has 42 valence electrons. The van der Waals surface area contributed by atoms with Gasteiger partial charge in [-0.05, 0) is 6.92 Å². The standard InChI is InChI=1S/C2H3ClO.C2H4O/c3-1-2-4;1-2-3/h2H,1H2;2H,1H3. The highest BCUT2D eigenvalue weighted by Gasteiger charge is 1.55. The molecule has 0 fully saturated rings. The molecule has 7 heavy (non-hydrogen) atoms. The van der Waals surface area contributed by atoms with Crippen molar-refractivity contribution in [3.05, 3.63) is 0 Å². The zero-order chi connectivity index (χ0) is 6.12. The highest BCUT2D eigenvalue weighted by molar-refractivity contribution is 6.24. The Bertz CT molecular complexity index is 45.0. The van der Waals surface area contributed by atoms with Crippen molar-refractivity contribution in [1.29, 1.82) is 0 Å². The van der Waals surface area contributed by atoms with E-state index in [0.29, 0.717) is 6.29 Å². The van der Waals surface area contributed by atoms with Crippen LogP contribution < -0.4 is 0 Å². The van der Waals surface area contributed by atoms with Crippen LogP contribution in [0.25, 0.3) is 0 Å². The minimum Gasteiger partial charge on any atom is -0.304 e. The Hall–Kier alpha value is -0.370. The second kappa shape index (κ2) is 17.4. The maximum Gasteiger partial charge on any atom is 0.134 e. The minimum absolute atomic E-state index is 0.111. The number of carbonyl (C=O) groups is 2. The number of aldehydes is 2. The van der Waals surface area contributed by atoms with Gasteiger partial charge in [0.15, 0.2) is 0 Å². The minimum atomic E-state index is 0.111. The molecule has 0 aliphatic rings. The predicted molar refractivity (Wildman–Crippen MR) is 28.5 cm³/mol. The highest BCUT2D eigenvalue weighted by Crippen LogP contribution is 1.57. The van der Waals surface area contributed by atoms with Crippen molar-refractivity contribution < 1.29 is 9.59 Å². The molecule has 0 N–H and O–H groups in total. The van der Waals surface area contributed by atoms with E-state index in [2.05, 4.69) is 0 Å². The molecule has 3 heteroatoms. The Balaban J connectivity index is 0. The molecule has 0 rings (SSSR count). The van der Waals surface area contributed by atoms with Gasteiger partial charge in [-0.2, -0.15) is 0 Å². The van der Waals surface area contributed by atoms with Gasteiger partial charge in [0.1, 0.15) is 12.6 Å². The van der Waals surface area contributed by atoms with Crippen LogP contribution >= 0.6 is 11.6 Å². The fourth-order valence-corrected chi connectivity index (χ4v) is 0. The van der Waals surface area contributed by atoms with Crippen LogP contribution in [0.2, 0.25) is 0 Å². The smallest absolute Gasteiger partial charge is 0.134 e. The van der Waals surface area contributed by atoms with Gasteiger partial charge in [0.2, 0.25) is 0 Å². The molecular weight excluding hydrogens is 115 g/mol. The molecule has 0 bridgehead atoms. The molecule has 0 aliphatic carbocycles. The van der Waals surface area contributed by atoms with Crippen LogP contribution in [0.3, 0.4) is 0 Å². The van der Waals surface area contributed by atoms with Gasteiger partial charge in [-0.25, -0.2) is 0 Å². The summed E-state index contributed by atoms with van der Waals surface area (Å²) in [4.78, 5) is 17.8. The fourth-order valence-electron chi connectivity index (χ4n) is 0. The summed E-state index contributed by atoms with van der Waals surface area (Å²) in [6, 6.07) is 0. The molecule has 0 aliphatic heterocycles. The largest absolute Gasteiger partial charge is 0.304 e. The molecule has 0 saturated heterocycles. The summed E-state index contributed by atoms with van der Waals surface area (Å²) in [6.07, 6.45) is 1.39. The molecule has 0 aromatic rings. The number of rotatable bonds is 1. The SMILES string of the molecule is CC=O.O=CCCl. The van der Waals surface area contributed by atoms with E-state index < -0.39 is 0 Å². The monoisotopic (exact) mass is 122 g/mol. The van der Waals surface area contributed by atoms with Gasteiger partial charge in [0, 0.05) is 0 Å². The van der Waals surface area contributed by atoms with Crippen molar-refractivity contribution in [2.24, 2.45) is 0 Å². The van der Waals surface area contributed by atoms with Gasteiger partial charge >= 0.3 is 0 Å². The fraction of sp³-hybridized carbons (Fsp3) is 0.500.